The molecule has 20 heavy (non-hydrogen) atoms. The maximum atomic E-state index is 12.3. The van der Waals surface area contributed by atoms with Crippen molar-refractivity contribution in [3.8, 4) is 0 Å². The second-order valence-corrected chi connectivity index (χ2v) is 8.18. The smallest absolute Gasteiger partial charge is 0.317 e. The molecule has 2 atom stereocenters. The van der Waals surface area contributed by atoms with Crippen molar-refractivity contribution in [3.05, 3.63) is 0 Å². The second-order valence-electron chi connectivity index (χ2n) is 5.95. The number of urea groups is 1. The van der Waals surface area contributed by atoms with Gasteiger partial charge >= 0.3 is 6.03 Å². The van der Waals surface area contributed by atoms with Crippen LogP contribution in [-0.4, -0.2) is 62.2 Å². The second kappa shape index (κ2) is 6.30. The van der Waals surface area contributed by atoms with E-state index in [0.29, 0.717) is 13.0 Å². The van der Waals surface area contributed by atoms with Gasteiger partial charge in [-0.25, -0.2) is 13.2 Å². The molecular weight excluding hydrogens is 280 g/mol. The molecule has 2 saturated heterocycles. The molecule has 2 heterocycles. The summed E-state index contributed by atoms with van der Waals surface area (Å²) in [6, 6.07) is -0.368. The van der Waals surface area contributed by atoms with Gasteiger partial charge in [-0.1, -0.05) is 0 Å². The van der Waals surface area contributed by atoms with E-state index in [0.717, 1.165) is 19.4 Å². The molecule has 0 radical (unpaired) electrons. The number of carbonyl (C=O) groups is 1. The predicted molar refractivity (Wildman–Crippen MR) is 76.4 cm³/mol. The predicted octanol–water partition coefficient (Wildman–Crippen LogP) is 0.772. The Hall–Kier alpha value is -0.820. The zero-order valence-electron chi connectivity index (χ0n) is 12.2. The molecule has 1 N–H and O–H groups in total. The number of nitrogens with one attached hydrogen (secondary N) is 1. The van der Waals surface area contributed by atoms with Crippen LogP contribution in [0.5, 0.6) is 0 Å². The van der Waals surface area contributed by atoms with Crippen LogP contribution in [0.1, 0.15) is 33.1 Å². The summed E-state index contributed by atoms with van der Waals surface area (Å²) in [5.41, 5.74) is 0. The number of rotatable bonds is 4. The Labute approximate surface area is 120 Å². The first-order valence-corrected chi connectivity index (χ1v) is 9.08. The minimum absolute atomic E-state index is 0.0347. The van der Waals surface area contributed by atoms with Crippen LogP contribution in [-0.2, 0) is 14.6 Å². The molecule has 0 aliphatic carbocycles. The third kappa shape index (κ3) is 4.09. The van der Waals surface area contributed by atoms with Gasteiger partial charge in [-0.2, -0.15) is 0 Å². The first-order chi connectivity index (χ1) is 9.37. The van der Waals surface area contributed by atoms with Crippen LogP contribution < -0.4 is 5.32 Å². The molecule has 2 aliphatic rings. The average molecular weight is 304 g/mol. The highest BCUT2D eigenvalue weighted by atomic mass is 32.2. The standard InChI is InChI=1S/C13H24N2O4S/c1-10(2)14-13(16)15(8-12-4-3-6-19-12)11-5-7-20(17,18)9-11/h10-12H,3-9H2,1-2H3,(H,14,16)/t11-,12-/m0/s1. The number of sulfone groups is 1. The van der Waals surface area contributed by atoms with E-state index in [2.05, 4.69) is 5.32 Å². The SMILES string of the molecule is CC(C)NC(=O)N(C[C@@H]1CCCO1)[C@H]1CCS(=O)(=O)C1. The summed E-state index contributed by atoms with van der Waals surface area (Å²) in [4.78, 5) is 14.0. The molecule has 0 bridgehead atoms. The molecule has 0 spiro atoms. The lowest BCUT2D eigenvalue weighted by molar-refractivity contribution is 0.0718. The van der Waals surface area contributed by atoms with Crippen molar-refractivity contribution in [2.24, 2.45) is 0 Å². The Morgan fingerprint density at radius 1 is 1.40 bits per heavy atom. The molecule has 0 aromatic heterocycles. The number of hydrogen-bond acceptors (Lipinski definition) is 4. The summed E-state index contributed by atoms with van der Waals surface area (Å²) >= 11 is 0. The van der Waals surface area contributed by atoms with Crippen LogP contribution >= 0.6 is 0 Å². The maximum Gasteiger partial charge on any atom is 0.317 e. The van der Waals surface area contributed by atoms with Crippen LogP contribution in [0.4, 0.5) is 4.79 Å². The van der Waals surface area contributed by atoms with Crippen molar-refractivity contribution >= 4 is 15.9 Å². The molecule has 6 nitrogen and oxygen atoms in total. The van der Waals surface area contributed by atoms with Crippen molar-refractivity contribution in [2.45, 2.75) is 51.3 Å². The van der Waals surface area contributed by atoms with Gasteiger partial charge in [0, 0.05) is 25.2 Å². The van der Waals surface area contributed by atoms with Gasteiger partial charge in [-0.05, 0) is 33.1 Å². The summed E-state index contributed by atoms with van der Waals surface area (Å²) in [6.07, 6.45) is 2.51. The number of nitrogens with zero attached hydrogens (tertiary/aromatic N) is 1. The van der Waals surface area contributed by atoms with Gasteiger partial charge in [0.2, 0.25) is 0 Å². The summed E-state index contributed by atoms with van der Waals surface area (Å²) in [6.45, 7) is 5.01. The van der Waals surface area contributed by atoms with Gasteiger partial charge in [-0.15, -0.1) is 0 Å². The van der Waals surface area contributed by atoms with E-state index in [-0.39, 0.29) is 35.7 Å². The van der Waals surface area contributed by atoms with Gasteiger partial charge in [0.05, 0.1) is 17.6 Å². The van der Waals surface area contributed by atoms with Crippen molar-refractivity contribution in [2.75, 3.05) is 24.7 Å². The highest BCUT2D eigenvalue weighted by Crippen LogP contribution is 2.21. The maximum absolute atomic E-state index is 12.3. The topological polar surface area (TPSA) is 75.7 Å². The largest absolute Gasteiger partial charge is 0.376 e. The molecular formula is C13H24N2O4S. The van der Waals surface area contributed by atoms with Crippen molar-refractivity contribution in [3.63, 3.8) is 0 Å². The molecule has 2 fully saturated rings. The van der Waals surface area contributed by atoms with Crippen LogP contribution in [0.3, 0.4) is 0 Å². The minimum atomic E-state index is -3.00. The minimum Gasteiger partial charge on any atom is -0.376 e. The summed E-state index contributed by atoms with van der Waals surface area (Å²) in [7, 11) is -3.00. The first kappa shape index (κ1) is 15.6. The fraction of sp³-hybridized carbons (Fsp3) is 0.923. The third-order valence-electron chi connectivity index (χ3n) is 3.75. The first-order valence-electron chi connectivity index (χ1n) is 7.26. The van der Waals surface area contributed by atoms with Crippen molar-refractivity contribution < 1.29 is 17.9 Å². The lowest BCUT2D eigenvalue weighted by Gasteiger charge is -2.31. The molecule has 116 valence electrons. The molecule has 0 saturated carbocycles. The monoisotopic (exact) mass is 304 g/mol. The Bertz CT molecular complexity index is 443. The fourth-order valence-electron chi connectivity index (χ4n) is 2.76. The van der Waals surface area contributed by atoms with Crippen LogP contribution in [0.15, 0.2) is 0 Å². The third-order valence-corrected chi connectivity index (χ3v) is 5.50. The molecule has 2 rings (SSSR count). The molecule has 0 aromatic rings. The Kier molecular flexibility index (Phi) is 4.90. The quantitative estimate of drug-likeness (QED) is 0.832. The van der Waals surface area contributed by atoms with E-state index < -0.39 is 9.84 Å². The van der Waals surface area contributed by atoms with E-state index in [1.807, 2.05) is 13.8 Å². The number of ether oxygens (including phenoxy) is 1. The molecule has 2 amide bonds. The van der Waals surface area contributed by atoms with Crippen molar-refractivity contribution in [1.29, 1.82) is 0 Å². The number of carbonyl (C=O) groups excluding carboxylic acids is 1. The lowest BCUT2D eigenvalue weighted by atomic mass is 10.1. The van der Waals surface area contributed by atoms with E-state index in [1.165, 1.54) is 0 Å². The molecule has 0 aromatic carbocycles. The fourth-order valence-corrected chi connectivity index (χ4v) is 4.49. The summed E-state index contributed by atoms with van der Waals surface area (Å²) in [5.74, 6) is 0.250. The highest BCUT2D eigenvalue weighted by molar-refractivity contribution is 7.91. The average Bonchev–Trinajstić information content (AvgIpc) is 2.94. The molecule has 0 unspecified atom stereocenters. The Morgan fingerprint density at radius 2 is 2.15 bits per heavy atom. The van der Waals surface area contributed by atoms with Gasteiger partial charge in [-0.3, -0.25) is 0 Å². The number of amides is 2. The summed E-state index contributed by atoms with van der Waals surface area (Å²) in [5, 5.41) is 2.86. The van der Waals surface area contributed by atoms with Crippen LogP contribution in [0.2, 0.25) is 0 Å². The normalized spacial score (nSPS) is 28.8. The van der Waals surface area contributed by atoms with Crippen molar-refractivity contribution in [1.82, 2.24) is 10.2 Å². The van der Waals surface area contributed by atoms with E-state index in [4.69, 9.17) is 4.74 Å². The van der Waals surface area contributed by atoms with E-state index in [9.17, 15) is 13.2 Å². The van der Waals surface area contributed by atoms with Crippen LogP contribution in [0.25, 0.3) is 0 Å². The van der Waals surface area contributed by atoms with E-state index in [1.54, 1.807) is 4.90 Å². The van der Waals surface area contributed by atoms with E-state index >= 15 is 0 Å². The Balaban J connectivity index is 2.04. The number of hydrogen-bond donors (Lipinski definition) is 1. The van der Waals surface area contributed by atoms with Gasteiger partial charge in [0.15, 0.2) is 9.84 Å². The van der Waals surface area contributed by atoms with Gasteiger partial charge in [0.25, 0.3) is 0 Å². The summed E-state index contributed by atoms with van der Waals surface area (Å²) < 4.78 is 28.9. The zero-order valence-corrected chi connectivity index (χ0v) is 13.0. The zero-order chi connectivity index (χ0) is 14.8. The molecule has 2 aliphatic heterocycles. The van der Waals surface area contributed by atoms with Crippen LogP contribution in [0, 0.1) is 0 Å². The Morgan fingerprint density at radius 3 is 2.65 bits per heavy atom. The van der Waals surface area contributed by atoms with Gasteiger partial charge < -0.3 is 15.0 Å². The molecule has 7 heteroatoms. The van der Waals surface area contributed by atoms with Gasteiger partial charge in [0.1, 0.15) is 0 Å². The highest BCUT2D eigenvalue weighted by Gasteiger charge is 2.36. The lowest BCUT2D eigenvalue weighted by Crippen LogP contribution is -2.51.